The Bertz CT molecular complexity index is 1440. The maximum Gasteiger partial charge on any atom is 0.220 e. The number of rotatable bonds is 8. The summed E-state index contributed by atoms with van der Waals surface area (Å²) in [4.78, 5) is 20.9. The molecule has 0 unspecified atom stereocenters. The quantitative estimate of drug-likeness (QED) is 0.242. The number of fused-ring (bicyclic) bond motifs is 1. The molecule has 0 spiro atoms. The third-order valence-corrected chi connectivity index (χ3v) is 6.25. The number of hydrogen-bond donors (Lipinski definition) is 4. The summed E-state index contributed by atoms with van der Waals surface area (Å²) in [6.07, 6.45) is 1.63. The fourth-order valence-corrected chi connectivity index (χ4v) is 4.40. The molecule has 7 nitrogen and oxygen atoms in total. The summed E-state index contributed by atoms with van der Waals surface area (Å²) in [6.45, 7) is 0. The van der Waals surface area contributed by atoms with Crippen molar-refractivity contribution in [3.8, 4) is 11.3 Å². The molecule has 1 atom stereocenters. The van der Waals surface area contributed by atoms with Gasteiger partial charge in [0.05, 0.1) is 11.6 Å². The van der Waals surface area contributed by atoms with E-state index in [0.29, 0.717) is 41.8 Å². The second kappa shape index (κ2) is 10.0. The van der Waals surface area contributed by atoms with Gasteiger partial charge in [0.2, 0.25) is 5.91 Å². The van der Waals surface area contributed by atoms with E-state index in [0.717, 1.165) is 27.6 Å². The Balaban J connectivity index is 1.40. The maximum atomic E-state index is 12.9. The average molecular weight is 485 g/mol. The largest absolute Gasteiger partial charge is 0.382 e. The molecule has 0 aliphatic carbocycles. The van der Waals surface area contributed by atoms with Gasteiger partial charge in [-0.3, -0.25) is 9.89 Å². The zero-order valence-electron chi connectivity index (χ0n) is 19.0. The third-order valence-electron chi connectivity index (χ3n) is 5.98. The number of benzene rings is 3. The number of H-pyrrole nitrogens is 2. The number of nitrogens with zero attached hydrogens (tertiary/aromatic N) is 2. The zero-order chi connectivity index (χ0) is 24.2. The number of imidazole rings is 1. The van der Waals surface area contributed by atoms with E-state index in [-0.39, 0.29) is 11.9 Å². The van der Waals surface area contributed by atoms with Crippen molar-refractivity contribution in [1.29, 1.82) is 0 Å². The molecule has 2 heterocycles. The highest BCUT2D eigenvalue weighted by Gasteiger charge is 2.22. The minimum atomic E-state index is -0.363. The Morgan fingerprint density at radius 1 is 1.00 bits per heavy atom. The number of halogens is 1. The number of nitrogen functional groups attached to an aromatic ring is 1. The number of aromatic nitrogens is 4. The van der Waals surface area contributed by atoms with Crippen molar-refractivity contribution in [2.24, 2.45) is 0 Å². The van der Waals surface area contributed by atoms with Crippen molar-refractivity contribution in [3.63, 3.8) is 0 Å². The molecule has 0 aliphatic rings. The van der Waals surface area contributed by atoms with Crippen LogP contribution in [0.3, 0.4) is 0 Å². The Hall–Kier alpha value is -4.10. The Morgan fingerprint density at radius 2 is 1.71 bits per heavy atom. The summed E-state index contributed by atoms with van der Waals surface area (Å²) in [5, 5.41) is 11.4. The van der Waals surface area contributed by atoms with Crippen LogP contribution in [0.5, 0.6) is 0 Å². The standard InChI is InChI=1S/C27H25ClN6O/c28-25-24(19-12-13-20-21(16-19)33-34-26(20)29)31-27(32-25)22(15-18-9-5-2-6-10-18)30-23(35)14-11-17-7-3-1-4-8-17/h1-10,12-13,16,22H,11,14-15H2,(H,30,35)(H,31,32)(H3,29,33,34)/t22-/m0/s1. The molecule has 0 saturated heterocycles. The van der Waals surface area contributed by atoms with Crippen LogP contribution >= 0.6 is 11.6 Å². The van der Waals surface area contributed by atoms with Gasteiger partial charge < -0.3 is 16.0 Å². The highest BCUT2D eigenvalue weighted by molar-refractivity contribution is 6.32. The lowest BCUT2D eigenvalue weighted by molar-refractivity contribution is -0.121. The van der Waals surface area contributed by atoms with Gasteiger partial charge in [-0.1, -0.05) is 78.3 Å². The van der Waals surface area contributed by atoms with Crippen LogP contribution in [0.1, 0.15) is 29.4 Å². The van der Waals surface area contributed by atoms with E-state index in [2.05, 4.69) is 20.5 Å². The lowest BCUT2D eigenvalue weighted by atomic mass is 10.0. The number of carbonyl (C=O) groups is 1. The molecule has 5 aromatic rings. The summed E-state index contributed by atoms with van der Waals surface area (Å²) in [5.74, 6) is 1.01. The Kier molecular flexibility index (Phi) is 6.50. The van der Waals surface area contributed by atoms with Gasteiger partial charge >= 0.3 is 0 Å². The summed E-state index contributed by atoms with van der Waals surface area (Å²) in [7, 11) is 0. The Labute approximate surface area is 207 Å². The van der Waals surface area contributed by atoms with Crippen molar-refractivity contribution in [2.45, 2.75) is 25.3 Å². The summed E-state index contributed by atoms with van der Waals surface area (Å²) in [6, 6.07) is 25.3. The van der Waals surface area contributed by atoms with E-state index in [1.807, 2.05) is 78.9 Å². The van der Waals surface area contributed by atoms with Gasteiger partial charge in [-0.05, 0) is 36.1 Å². The number of hydrogen-bond acceptors (Lipinski definition) is 4. The van der Waals surface area contributed by atoms with Crippen molar-refractivity contribution in [3.05, 3.63) is 101 Å². The molecule has 0 radical (unpaired) electrons. The van der Waals surface area contributed by atoms with Crippen LogP contribution in [0, 0.1) is 0 Å². The molecule has 5 rings (SSSR count). The highest BCUT2D eigenvalue weighted by Crippen LogP contribution is 2.31. The third kappa shape index (κ3) is 5.20. The van der Waals surface area contributed by atoms with Crippen LogP contribution in [-0.4, -0.2) is 26.1 Å². The molecule has 3 aromatic carbocycles. The van der Waals surface area contributed by atoms with Gasteiger partial charge in [-0.2, -0.15) is 5.10 Å². The fraction of sp³-hybridized carbons (Fsp3) is 0.148. The summed E-state index contributed by atoms with van der Waals surface area (Å²) in [5.41, 5.74) is 10.3. The van der Waals surface area contributed by atoms with E-state index < -0.39 is 0 Å². The van der Waals surface area contributed by atoms with Gasteiger partial charge in [-0.25, -0.2) is 4.98 Å². The first-order valence-corrected chi connectivity index (χ1v) is 11.8. The van der Waals surface area contributed by atoms with E-state index >= 15 is 0 Å². The molecule has 0 aliphatic heterocycles. The van der Waals surface area contributed by atoms with Crippen molar-refractivity contribution >= 4 is 34.2 Å². The van der Waals surface area contributed by atoms with Crippen LogP contribution in [0.15, 0.2) is 78.9 Å². The van der Waals surface area contributed by atoms with Crippen LogP contribution in [0.2, 0.25) is 5.15 Å². The fourth-order valence-electron chi connectivity index (χ4n) is 4.15. The molecule has 0 saturated carbocycles. The first kappa shape index (κ1) is 22.7. The van der Waals surface area contributed by atoms with E-state index in [9.17, 15) is 4.79 Å². The van der Waals surface area contributed by atoms with Crippen molar-refractivity contribution in [1.82, 2.24) is 25.5 Å². The van der Waals surface area contributed by atoms with Gasteiger partial charge in [0, 0.05) is 17.4 Å². The molecular weight excluding hydrogens is 460 g/mol. The molecule has 5 N–H and O–H groups in total. The smallest absolute Gasteiger partial charge is 0.220 e. The van der Waals surface area contributed by atoms with Crippen LogP contribution in [-0.2, 0) is 17.6 Å². The van der Waals surface area contributed by atoms with Gasteiger partial charge in [0.1, 0.15) is 16.7 Å². The summed E-state index contributed by atoms with van der Waals surface area (Å²) >= 11 is 6.58. The molecule has 0 fully saturated rings. The number of nitrogens with one attached hydrogen (secondary N) is 3. The maximum absolute atomic E-state index is 12.9. The number of carbonyl (C=O) groups excluding carboxylic acids is 1. The van der Waals surface area contributed by atoms with Crippen LogP contribution in [0.25, 0.3) is 22.2 Å². The topological polar surface area (TPSA) is 112 Å². The Morgan fingerprint density at radius 3 is 2.46 bits per heavy atom. The van der Waals surface area contributed by atoms with Crippen molar-refractivity contribution in [2.75, 3.05) is 5.73 Å². The SMILES string of the molecule is Nc1n[nH]c2cc(-c3nc([C@H](Cc4ccccc4)NC(=O)CCc4ccccc4)[nH]c3Cl)ccc12. The molecule has 8 heteroatoms. The molecule has 2 aromatic heterocycles. The van der Waals surface area contributed by atoms with E-state index in [1.165, 1.54) is 0 Å². The lowest BCUT2D eigenvalue weighted by Crippen LogP contribution is -2.31. The predicted octanol–water partition coefficient (Wildman–Crippen LogP) is 5.22. The minimum Gasteiger partial charge on any atom is -0.382 e. The molecule has 176 valence electrons. The number of nitrogens with two attached hydrogens (primary N) is 1. The number of aromatic amines is 2. The number of amides is 1. The average Bonchev–Trinajstić information content (AvgIpc) is 3.46. The highest BCUT2D eigenvalue weighted by atomic mass is 35.5. The lowest BCUT2D eigenvalue weighted by Gasteiger charge is -2.17. The molecule has 1 amide bonds. The molecular formula is C27H25ClN6O. The van der Waals surface area contributed by atoms with E-state index in [1.54, 1.807) is 0 Å². The van der Waals surface area contributed by atoms with E-state index in [4.69, 9.17) is 22.3 Å². The normalized spacial score (nSPS) is 12.0. The minimum absolute atomic E-state index is 0.0433. The van der Waals surface area contributed by atoms with Gasteiger partial charge in [-0.15, -0.1) is 0 Å². The summed E-state index contributed by atoms with van der Waals surface area (Å²) < 4.78 is 0. The predicted molar refractivity (Wildman–Crippen MR) is 139 cm³/mol. The zero-order valence-corrected chi connectivity index (χ0v) is 19.7. The first-order valence-electron chi connectivity index (χ1n) is 11.4. The number of anilines is 1. The first-order chi connectivity index (χ1) is 17.1. The van der Waals surface area contributed by atoms with Gasteiger partial charge in [0.15, 0.2) is 5.82 Å². The molecule has 35 heavy (non-hydrogen) atoms. The van der Waals surface area contributed by atoms with Crippen LogP contribution < -0.4 is 11.1 Å². The van der Waals surface area contributed by atoms with Crippen molar-refractivity contribution < 1.29 is 4.79 Å². The monoisotopic (exact) mass is 484 g/mol. The molecule has 0 bridgehead atoms. The van der Waals surface area contributed by atoms with Crippen LogP contribution in [0.4, 0.5) is 5.82 Å². The van der Waals surface area contributed by atoms with Gasteiger partial charge in [0.25, 0.3) is 0 Å². The second-order valence-electron chi connectivity index (χ2n) is 8.45. The number of aryl methyl sites for hydroxylation is 1. The second-order valence-corrected chi connectivity index (χ2v) is 8.83.